The maximum absolute atomic E-state index is 13.6. The molecule has 1 fully saturated rings. The average Bonchev–Trinajstić information content (AvgIpc) is 2.72. The van der Waals surface area contributed by atoms with Gasteiger partial charge in [-0.25, -0.2) is 13.6 Å². The maximum Gasteiger partial charge on any atom is 0.317 e. The number of likely N-dealkylation sites (tertiary alicyclic amines) is 1. The van der Waals surface area contributed by atoms with Crippen LogP contribution in [0.4, 0.5) is 13.6 Å². The van der Waals surface area contributed by atoms with Crippen LogP contribution < -0.4 is 14.8 Å². The van der Waals surface area contributed by atoms with E-state index < -0.39 is 11.6 Å². The van der Waals surface area contributed by atoms with Crippen LogP contribution in [-0.2, 0) is 6.42 Å². The first-order valence-electron chi connectivity index (χ1n) is 9.92. The van der Waals surface area contributed by atoms with Crippen LogP contribution in [-0.4, -0.2) is 43.3 Å². The first-order valence-corrected chi connectivity index (χ1v) is 9.92. The highest BCUT2D eigenvalue weighted by Crippen LogP contribution is 2.29. The van der Waals surface area contributed by atoms with Crippen molar-refractivity contribution in [3.8, 4) is 11.5 Å². The number of piperidine rings is 1. The van der Waals surface area contributed by atoms with E-state index in [1.807, 2.05) is 31.2 Å². The van der Waals surface area contributed by atoms with Gasteiger partial charge in [0.1, 0.15) is 17.7 Å². The third-order valence-corrected chi connectivity index (χ3v) is 4.88. The molecule has 1 heterocycles. The van der Waals surface area contributed by atoms with Gasteiger partial charge in [0.05, 0.1) is 6.61 Å². The van der Waals surface area contributed by atoms with Crippen LogP contribution in [0.5, 0.6) is 11.5 Å². The summed E-state index contributed by atoms with van der Waals surface area (Å²) in [7, 11) is 0. The molecule has 0 atom stereocenters. The molecule has 3 rings (SSSR count). The summed E-state index contributed by atoms with van der Waals surface area (Å²) >= 11 is 0. The molecule has 1 aliphatic rings. The molecule has 2 aromatic rings. The van der Waals surface area contributed by atoms with Gasteiger partial charge in [-0.3, -0.25) is 0 Å². The number of amides is 2. The Labute approximate surface area is 169 Å². The maximum atomic E-state index is 13.6. The summed E-state index contributed by atoms with van der Waals surface area (Å²) in [6.45, 7) is 3.78. The third-order valence-electron chi connectivity index (χ3n) is 4.88. The van der Waals surface area contributed by atoms with Crippen LogP contribution in [0, 0.1) is 11.6 Å². The number of halogens is 2. The molecule has 7 heteroatoms. The predicted octanol–water partition coefficient (Wildman–Crippen LogP) is 4.16. The Morgan fingerprint density at radius 1 is 1.07 bits per heavy atom. The topological polar surface area (TPSA) is 50.8 Å². The molecular formula is C22H26F2N2O3. The normalized spacial score (nSPS) is 14.5. The van der Waals surface area contributed by atoms with E-state index in [1.165, 1.54) is 18.2 Å². The van der Waals surface area contributed by atoms with Gasteiger partial charge >= 0.3 is 6.03 Å². The summed E-state index contributed by atoms with van der Waals surface area (Å²) in [6.07, 6.45) is 1.53. The van der Waals surface area contributed by atoms with Crippen molar-refractivity contribution >= 4 is 6.03 Å². The molecule has 0 aromatic heterocycles. The largest absolute Gasteiger partial charge is 0.490 e. The quantitative estimate of drug-likeness (QED) is 0.754. The van der Waals surface area contributed by atoms with Crippen LogP contribution in [0.3, 0.4) is 0 Å². The molecular weight excluding hydrogens is 378 g/mol. The number of hydrogen-bond acceptors (Lipinski definition) is 3. The molecule has 2 amide bonds. The number of ether oxygens (including phenoxy) is 2. The molecule has 0 saturated carbocycles. The van der Waals surface area contributed by atoms with Gasteiger partial charge in [-0.15, -0.1) is 0 Å². The number of para-hydroxylation sites is 2. The molecule has 0 aliphatic carbocycles. The third kappa shape index (κ3) is 5.59. The molecule has 1 saturated heterocycles. The number of nitrogens with one attached hydrogen (secondary N) is 1. The number of hydrogen-bond donors (Lipinski definition) is 1. The molecule has 29 heavy (non-hydrogen) atoms. The fraction of sp³-hybridized carbons (Fsp3) is 0.409. The van der Waals surface area contributed by atoms with E-state index in [0.29, 0.717) is 38.3 Å². The Kier molecular flexibility index (Phi) is 7.27. The van der Waals surface area contributed by atoms with Crippen LogP contribution in [0.2, 0.25) is 0 Å². The SMILES string of the molecule is CCOc1ccccc1OC1CCN(C(=O)NCCc2c(F)cccc2F)CC1. The second kappa shape index (κ2) is 10.1. The Balaban J connectivity index is 1.44. The number of urea groups is 1. The fourth-order valence-electron chi connectivity index (χ4n) is 3.36. The summed E-state index contributed by atoms with van der Waals surface area (Å²) in [6, 6.07) is 11.1. The minimum atomic E-state index is -0.593. The second-order valence-corrected chi connectivity index (χ2v) is 6.87. The summed E-state index contributed by atoms with van der Waals surface area (Å²) < 4.78 is 38.9. The van der Waals surface area contributed by atoms with E-state index in [9.17, 15) is 13.6 Å². The molecule has 0 spiro atoms. The summed E-state index contributed by atoms with van der Waals surface area (Å²) in [5.41, 5.74) is -0.00660. The van der Waals surface area contributed by atoms with E-state index in [2.05, 4.69) is 5.32 Å². The van der Waals surface area contributed by atoms with Crippen molar-refractivity contribution in [3.63, 3.8) is 0 Å². The lowest BCUT2D eigenvalue weighted by atomic mass is 10.1. The zero-order valence-electron chi connectivity index (χ0n) is 16.5. The predicted molar refractivity (Wildman–Crippen MR) is 106 cm³/mol. The molecule has 0 unspecified atom stereocenters. The summed E-state index contributed by atoms with van der Waals surface area (Å²) in [4.78, 5) is 14.0. The van der Waals surface area contributed by atoms with Gasteiger partial charge in [0.2, 0.25) is 0 Å². The van der Waals surface area contributed by atoms with Crippen LogP contribution in [0.25, 0.3) is 0 Å². The molecule has 1 aliphatic heterocycles. The minimum absolute atomic E-state index is 0.00660. The lowest BCUT2D eigenvalue weighted by Gasteiger charge is -2.32. The van der Waals surface area contributed by atoms with Crippen molar-refractivity contribution in [2.45, 2.75) is 32.3 Å². The Bertz CT molecular complexity index is 803. The van der Waals surface area contributed by atoms with E-state index in [0.717, 1.165) is 5.75 Å². The van der Waals surface area contributed by atoms with Crippen molar-refractivity contribution in [3.05, 3.63) is 59.7 Å². The lowest BCUT2D eigenvalue weighted by Crippen LogP contribution is -2.47. The molecule has 0 bridgehead atoms. The van der Waals surface area contributed by atoms with Gasteiger partial charge in [-0.05, 0) is 37.6 Å². The number of carbonyl (C=O) groups is 1. The number of carbonyl (C=O) groups excluding carboxylic acids is 1. The summed E-state index contributed by atoms with van der Waals surface area (Å²) in [5.74, 6) is 0.244. The Hall–Kier alpha value is -2.83. The Morgan fingerprint density at radius 2 is 1.72 bits per heavy atom. The van der Waals surface area contributed by atoms with Crippen molar-refractivity contribution in [1.82, 2.24) is 10.2 Å². The minimum Gasteiger partial charge on any atom is -0.490 e. The first kappa shape index (κ1) is 20.9. The van der Waals surface area contributed by atoms with Gasteiger partial charge in [0.15, 0.2) is 11.5 Å². The van der Waals surface area contributed by atoms with Crippen LogP contribution in [0.1, 0.15) is 25.3 Å². The summed E-state index contributed by atoms with van der Waals surface area (Å²) in [5, 5.41) is 2.74. The zero-order chi connectivity index (χ0) is 20.6. The van der Waals surface area contributed by atoms with Gasteiger partial charge < -0.3 is 19.7 Å². The molecule has 0 radical (unpaired) electrons. The van der Waals surface area contributed by atoms with Gasteiger partial charge in [-0.2, -0.15) is 0 Å². The average molecular weight is 404 g/mol. The molecule has 1 N–H and O–H groups in total. The van der Waals surface area contributed by atoms with Crippen molar-refractivity contribution in [1.29, 1.82) is 0 Å². The molecule has 2 aromatic carbocycles. The van der Waals surface area contributed by atoms with Crippen LogP contribution in [0.15, 0.2) is 42.5 Å². The van der Waals surface area contributed by atoms with E-state index in [4.69, 9.17) is 9.47 Å². The van der Waals surface area contributed by atoms with Crippen molar-refractivity contribution < 1.29 is 23.0 Å². The second-order valence-electron chi connectivity index (χ2n) is 6.87. The monoisotopic (exact) mass is 404 g/mol. The zero-order valence-corrected chi connectivity index (χ0v) is 16.5. The van der Waals surface area contributed by atoms with Crippen LogP contribution >= 0.6 is 0 Å². The van der Waals surface area contributed by atoms with Gasteiger partial charge in [-0.1, -0.05) is 18.2 Å². The molecule has 5 nitrogen and oxygen atoms in total. The lowest BCUT2D eigenvalue weighted by molar-refractivity contribution is 0.107. The molecule has 156 valence electrons. The van der Waals surface area contributed by atoms with E-state index in [-0.39, 0.29) is 30.7 Å². The number of rotatable bonds is 7. The Morgan fingerprint density at radius 3 is 2.38 bits per heavy atom. The number of benzene rings is 2. The standard InChI is InChI=1S/C22H26F2N2O3/c1-2-28-20-8-3-4-9-21(20)29-16-11-14-26(15-12-16)22(27)25-13-10-17-18(23)6-5-7-19(17)24/h3-9,16H,2,10-15H2,1H3,(H,25,27). The van der Waals surface area contributed by atoms with Gasteiger partial charge in [0, 0.05) is 38.0 Å². The van der Waals surface area contributed by atoms with Crippen molar-refractivity contribution in [2.75, 3.05) is 26.2 Å². The van der Waals surface area contributed by atoms with E-state index >= 15 is 0 Å². The fourth-order valence-corrected chi connectivity index (χ4v) is 3.36. The van der Waals surface area contributed by atoms with E-state index in [1.54, 1.807) is 4.90 Å². The van der Waals surface area contributed by atoms with Crippen molar-refractivity contribution in [2.24, 2.45) is 0 Å². The highest BCUT2D eigenvalue weighted by atomic mass is 19.1. The first-order chi connectivity index (χ1) is 14.1. The highest BCUT2D eigenvalue weighted by Gasteiger charge is 2.24. The smallest absolute Gasteiger partial charge is 0.317 e. The highest BCUT2D eigenvalue weighted by molar-refractivity contribution is 5.74. The number of nitrogens with zero attached hydrogens (tertiary/aromatic N) is 1. The van der Waals surface area contributed by atoms with Gasteiger partial charge in [0.25, 0.3) is 0 Å².